The monoisotopic (exact) mass is 222 g/mol. The highest BCUT2D eigenvalue weighted by molar-refractivity contribution is 14.1. The minimum Gasteiger partial charge on any atom is -0.211 e. The van der Waals surface area contributed by atoms with E-state index in [0.717, 1.165) is 5.69 Å². The first-order valence-corrected chi connectivity index (χ1v) is 3.35. The molecule has 3 heteroatoms. The van der Waals surface area contributed by atoms with Crippen molar-refractivity contribution < 1.29 is 0 Å². The second kappa shape index (κ2) is 2.05. The predicted molar refractivity (Wildman–Crippen MR) is 41.1 cm³/mol. The van der Waals surface area contributed by atoms with Crippen molar-refractivity contribution in [1.29, 1.82) is 0 Å². The van der Waals surface area contributed by atoms with E-state index in [2.05, 4.69) is 34.9 Å². The van der Waals surface area contributed by atoms with E-state index in [1.165, 1.54) is 5.56 Å². The van der Waals surface area contributed by atoms with Gasteiger partial charge in [0.1, 0.15) is 0 Å². The summed E-state index contributed by atoms with van der Waals surface area (Å²) in [5, 5.41) is 4.11. The molecule has 0 radical (unpaired) electrons. The van der Waals surface area contributed by atoms with Crippen molar-refractivity contribution >= 4 is 22.9 Å². The molecule has 44 valence electrons. The van der Waals surface area contributed by atoms with Crippen molar-refractivity contribution in [2.45, 2.75) is 13.8 Å². The second-order valence-electron chi connectivity index (χ2n) is 1.79. The van der Waals surface area contributed by atoms with Crippen molar-refractivity contribution in [2.75, 3.05) is 0 Å². The Kier molecular flexibility index (Phi) is 1.55. The van der Waals surface area contributed by atoms with E-state index in [1.54, 1.807) is 2.90 Å². The molecule has 8 heavy (non-hydrogen) atoms. The van der Waals surface area contributed by atoms with Crippen LogP contribution in [0.25, 0.3) is 0 Å². The Morgan fingerprint density at radius 1 is 1.62 bits per heavy atom. The van der Waals surface area contributed by atoms with Gasteiger partial charge in [0.15, 0.2) is 0 Å². The van der Waals surface area contributed by atoms with Gasteiger partial charge in [-0.25, -0.2) is 2.90 Å². The van der Waals surface area contributed by atoms with E-state index in [0.29, 0.717) is 0 Å². The van der Waals surface area contributed by atoms with E-state index in [4.69, 9.17) is 0 Å². The highest BCUT2D eigenvalue weighted by Crippen LogP contribution is 2.04. The molecule has 0 aromatic carbocycles. The fourth-order valence-corrected chi connectivity index (χ4v) is 1.25. The van der Waals surface area contributed by atoms with Gasteiger partial charge < -0.3 is 0 Å². The third-order valence-corrected chi connectivity index (χ3v) is 1.61. The largest absolute Gasteiger partial charge is 0.211 e. The molecule has 0 aliphatic carbocycles. The van der Waals surface area contributed by atoms with Crippen molar-refractivity contribution in [3.8, 4) is 0 Å². The third kappa shape index (κ3) is 1.02. The maximum absolute atomic E-state index is 4.11. The van der Waals surface area contributed by atoms with Crippen LogP contribution in [-0.2, 0) is 0 Å². The lowest BCUT2D eigenvalue weighted by atomic mass is 10.3. The van der Waals surface area contributed by atoms with Gasteiger partial charge >= 0.3 is 0 Å². The average molecular weight is 222 g/mol. The number of aryl methyl sites for hydroxylation is 2. The predicted octanol–water partition coefficient (Wildman–Crippen LogP) is 1.70. The number of nitrogens with zero attached hydrogens (tertiary/aromatic N) is 2. The zero-order valence-corrected chi connectivity index (χ0v) is 7.01. The maximum Gasteiger partial charge on any atom is 0.0843 e. The average Bonchev–Trinajstić information content (AvgIpc) is 1.85. The van der Waals surface area contributed by atoms with Crippen LogP contribution in [-0.4, -0.2) is 7.99 Å². The van der Waals surface area contributed by atoms with Crippen molar-refractivity contribution in [3.63, 3.8) is 0 Å². The molecule has 0 fully saturated rings. The van der Waals surface area contributed by atoms with Gasteiger partial charge in [0.25, 0.3) is 0 Å². The summed E-state index contributed by atoms with van der Waals surface area (Å²) in [6.07, 6.45) is 2.00. The molecule has 0 bridgehead atoms. The summed E-state index contributed by atoms with van der Waals surface area (Å²) in [6.45, 7) is 4.06. The van der Waals surface area contributed by atoms with Gasteiger partial charge in [-0.3, -0.25) is 0 Å². The highest BCUT2D eigenvalue weighted by atomic mass is 127. The van der Waals surface area contributed by atoms with Crippen molar-refractivity contribution in [1.82, 2.24) is 7.99 Å². The Balaban J connectivity index is 3.14. The van der Waals surface area contributed by atoms with E-state index < -0.39 is 0 Å². The van der Waals surface area contributed by atoms with Crippen LogP contribution >= 0.6 is 22.9 Å². The lowest BCUT2D eigenvalue weighted by molar-refractivity contribution is 1.02. The maximum atomic E-state index is 4.11. The molecule has 2 nitrogen and oxygen atoms in total. The molecule has 0 aliphatic heterocycles. The summed E-state index contributed by atoms with van der Waals surface area (Å²) >= 11 is 2.13. The van der Waals surface area contributed by atoms with Crippen LogP contribution in [0.2, 0.25) is 0 Å². The molecule has 1 heterocycles. The molecule has 0 spiro atoms. The summed E-state index contributed by atoms with van der Waals surface area (Å²) in [5.74, 6) is 0. The first kappa shape index (κ1) is 6.07. The Morgan fingerprint density at radius 3 is 2.38 bits per heavy atom. The molecule has 0 saturated heterocycles. The van der Waals surface area contributed by atoms with E-state index >= 15 is 0 Å². The van der Waals surface area contributed by atoms with Gasteiger partial charge in [-0.05, 0) is 19.4 Å². The Hall–Kier alpha value is -0.0600. The third-order valence-electron chi connectivity index (χ3n) is 1.12. The number of aromatic nitrogens is 2. The molecule has 1 aromatic heterocycles. The molecular weight excluding hydrogens is 215 g/mol. The lowest BCUT2D eigenvalue weighted by Gasteiger charge is -1.77. The highest BCUT2D eigenvalue weighted by Gasteiger charge is 1.93. The molecule has 0 unspecified atom stereocenters. The summed E-state index contributed by atoms with van der Waals surface area (Å²) in [4.78, 5) is 0. The van der Waals surface area contributed by atoms with Crippen LogP contribution in [0.4, 0.5) is 0 Å². The van der Waals surface area contributed by atoms with Gasteiger partial charge in [-0.15, -0.1) is 0 Å². The molecule has 0 atom stereocenters. The molecule has 0 aliphatic rings. The SMILES string of the molecule is Cc1cn(I)nc1C. The van der Waals surface area contributed by atoms with E-state index in [9.17, 15) is 0 Å². The smallest absolute Gasteiger partial charge is 0.0843 e. The Morgan fingerprint density at radius 2 is 2.25 bits per heavy atom. The van der Waals surface area contributed by atoms with Gasteiger partial charge in [-0.2, -0.15) is 5.10 Å². The molecular formula is C5H7IN2. The van der Waals surface area contributed by atoms with Crippen LogP contribution < -0.4 is 0 Å². The van der Waals surface area contributed by atoms with Gasteiger partial charge in [-0.1, -0.05) is 0 Å². The van der Waals surface area contributed by atoms with Crippen LogP contribution in [0.15, 0.2) is 6.20 Å². The second-order valence-corrected chi connectivity index (χ2v) is 2.77. The molecule has 0 amide bonds. The number of rotatable bonds is 0. The van der Waals surface area contributed by atoms with Crippen molar-refractivity contribution in [3.05, 3.63) is 17.5 Å². The molecule has 0 saturated carbocycles. The first-order chi connectivity index (χ1) is 3.70. The van der Waals surface area contributed by atoms with Gasteiger partial charge in [0.05, 0.1) is 28.6 Å². The topological polar surface area (TPSA) is 17.8 Å². The normalized spacial score (nSPS) is 9.88. The van der Waals surface area contributed by atoms with Crippen LogP contribution in [0, 0.1) is 13.8 Å². The van der Waals surface area contributed by atoms with Crippen molar-refractivity contribution in [2.24, 2.45) is 0 Å². The lowest BCUT2D eigenvalue weighted by Crippen LogP contribution is -1.77. The fraction of sp³-hybridized carbons (Fsp3) is 0.400. The summed E-state index contributed by atoms with van der Waals surface area (Å²) in [5.41, 5.74) is 2.36. The molecule has 1 rings (SSSR count). The minimum absolute atomic E-state index is 1.11. The van der Waals surface area contributed by atoms with E-state index in [1.807, 2.05) is 13.1 Å². The quantitative estimate of drug-likeness (QED) is 0.611. The number of halogens is 1. The zero-order valence-electron chi connectivity index (χ0n) is 4.85. The standard InChI is InChI=1S/C5H7IN2/c1-4-3-8(6)7-5(4)2/h3H,1-2H3. The van der Waals surface area contributed by atoms with Crippen LogP contribution in [0.5, 0.6) is 0 Å². The summed E-state index contributed by atoms with van der Waals surface area (Å²) < 4.78 is 1.79. The Bertz CT molecular complexity index is 173. The van der Waals surface area contributed by atoms with Crippen LogP contribution in [0.1, 0.15) is 11.3 Å². The number of hydrogen-bond acceptors (Lipinski definition) is 1. The summed E-state index contributed by atoms with van der Waals surface area (Å²) in [6, 6.07) is 0. The number of hydrogen-bond donors (Lipinski definition) is 0. The zero-order chi connectivity index (χ0) is 6.15. The van der Waals surface area contributed by atoms with Gasteiger partial charge in [0.2, 0.25) is 0 Å². The van der Waals surface area contributed by atoms with Gasteiger partial charge in [0, 0.05) is 6.20 Å². The fourth-order valence-electron chi connectivity index (χ4n) is 0.504. The minimum atomic E-state index is 1.11. The van der Waals surface area contributed by atoms with E-state index in [-0.39, 0.29) is 0 Å². The molecule has 1 aromatic rings. The van der Waals surface area contributed by atoms with Crippen LogP contribution in [0.3, 0.4) is 0 Å². The molecule has 0 N–H and O–H groups in total. The first-order valence-electron chi connectivity index (χ1n) is 2.39. The summed E-state index contributed by atoms with van der Waals surface area (Å²) in [7, 11) is 0. The Labute approximate surface area is 62.4 Å².